The van der Waals surface area contributed by atoms with E-state index in [1.807, 2.05) is 6.92 Å². The van der Waals surface area contributed by atoms with Gasteiger partial charge >= 0.3 is 0 Å². The van der Waals surface area contributed by atoms with Gasteiger partial charge in [-0.1, -0.05) is 13.3 Å². The van der Waals surface area contributed by atoms with Gasteiger partial charge in [0.2, 0.25) is 0 Å². The molecule has 0 heterocycles. The lowest BCUT2D eigenvalue weighted by molar-refractivity contribution is -0.156. The molecule has 0 aliphatic heterocycles. The first-order valence-corrected chi connectivity index (χ1v) is 6.52. The maximum atomic E-state index is 9.65. The van der Waals surface area contributed by atoms with Crippen molar-refractivity contribution in [2.24, 2.45) is 0 Å². The van der Waals surface area contributed by atoms with Gasteiger partial charge in [0.05, 0.1) is 26.4 Å². The van der Waals surface area contributed by atoms with Crippen LogP contribution in [0.5, 0.6) is 0 Å². The van der Waals surface area contributed by atoms with Gasteiger partial charge in [-0.05, 0) is 6.42 Å². The van der Waals surface area contributed by atoms with Crippen LogP contribution in [0, 0.1) is 0 Å². The molecule has 0 fully saturated rings. The van der Waals surface area contributed by atoms with Crippen molar-refractivity contribution in [3.8, 4) is 0 Å². The molecule has 0 rings (SSSR count). The van der Waals surface area contributed by atoms with E-state index in [4.69, 9.17) is 19.7 Å². The van der Waals surface area contributed by atoms with Crippen LogP contribution in [-0.4, -0.2) is 83.0 Å². The van der Waals surface area contributed by atoms with Gasteiger partial charge in [-0.2, -0.15) is 0 Å². The first-order valence-electron chi connectivity index (χ1n) is 6.52. The molecule has 0 spiro atoms. The van der Waals surface area contributed by atoms with Gasteiger partial charge in [0.15, 0.2) is 0 Å². The highest BCUT2D eigenvalue weighted by Gasteiger charge is 2.30. The topological polar surface area (TPSA) is 120 Å². The van der Waals surface area contributed by atoms with Crippen LogP contribution in [0.25, 0.3) is 0 Å². The van der Waals surface area contributed by atoms with Crippen LogP contribution in [0.4, 0.5) is 0 Å². The third-order valence-corrected chi connectivity index (χ3v) is 2.63. The molecule has 0 aromatic heterocycles. The molecular weight excluding hydrogens is 256 g/mol. The molecule has 0 amide bonds. The van der Waals surface area contributed by atoms with Crippen molar-refractivity contribution in [1.82, 2.24) is 0 Å². The van der Waals surface area contributed by atoms with Gasteiger partial charge in [0, 0.05) is 6.61 Å². The number of aliphatic hydroxyl groups excluding tert-OH is 5. The van der Waals surface area contributed by atoms with E-state index >= 15 is 0 Å². The largest absolute Gasteiger partial charge is 0.394 e. The molecule has 0 saturated carbocycles. The molecule has 7 nitrogen and oxygen atoms in total. The van der Waals surface area contributed by atoms with Gasteiger partial charge in [-0.3, -0.25) is 0 Å². The lowest BCUT2D eigenvalue weighted by Crippen LogP contribution is -2.46. The molecule has 0 bridgehead atoms. The van der Waals surface area contributed by atoms with Crippen LogP contribution in [-0.2, 0) is 9.47 Å². The van der Waals surface area contributed by atoms with Crippen LogP contribution in [0.15, 0.2) is 0 Å². The predicted octanol–water partition coefficient (Wildman–Crippen LogP) is -1.74. The number of unbranched alkanes of at least 4 members (excludes halogenated alkanes) is 1. The number of rotatable bonds is 12. The van der Waals surface area contributed by atoms with E-state index in [1.54, 1.807) is 0 Å². The second-order valence-corrected chi connectivity index (χ2v) is 4.33. The van der Waals surface area contributed by atoms with E-state index < -0.39 is 37.6 Å². The smallest absolute Gasteiger partial charge is 0.114 e. The minimum absolute atomic E-state index is 0.216. The molecule has 0 aromatic carbocycles. The average Bonchev–Trinajstić information content (AvgIpc) is 2.44. The third-order valence-electron chi connectivity index (χ3n) is 2.63. The van der Waals surface area contributed by atoms with E-state index in [0.29, 0.717) is 6.61 Å². The van der Waals surface area contributed by atoms with Gasteiger partial charge in [-0.25, -0.2) is 0 Å². The van der Waals surface area contributed by atoms with E-state index in [1.165, 1.54) is 0 Å². The average molecular weight is 282 g/mol. The zero-order valence-electron chi connectivity index (χ0n) is 11.3. The fourth-order valence-electron chi connectivity index (χ4n) is 1.48. The number of ether oxygens (including phenoxy) is 2. The maximum absolute atomic E-state index is 9.65. The SMILES string of the molecule is CCCCOC(CO)C(OCC(O)CO)C(O)CO. The second kappa shape index (κ2) is 11.5. The summed E-state index contributed by atoms with van der Waals surface area (Å²) >= 11 is 0. The lowest BCUT2D eigenvalue weighted by atomic mass is 10.1. The summed E-state index contributed by atoms with van der Waals surface area (Å²) in [6.07, 6.45) is -2.34. The van der Waals surface area contributed by atoms with Gasteiger partial charge in [-0.15, -0.1) is 0 Å². The molecule has 0 aliphatic rings. The predicted molar refractivity (Wildman–Crippen MR) is 67.7 cm³/mol. The highest BCUT2D eigenvalue weighted by molar-refractivity contribution is 4.78. The second-order valence-electron chi connectivity index (χ2n) is 4.33. The molecule has 0 saturated heterocycles. The highest BCUT2D eigenvalue weighted by Crippen LogP contribution is 2.11. The van der Waals surface area contributed by atoms with E-state index in [0.717, 1.165) is 12.8 Å². The van der Waals surface area contributed by atoms with Crippen LogP contribution in [0.2, 0.25) is 0 Å². The quantitative estimate of drug-likeness (QED) is 0.269. The van der Waals surface area contributed by atoms with Crippen LogP contribution < -0.4 is 0 Å². The van der Waals surface area contributed by atoms with Crippen molar-refractivity contribution in [2.75, 3.05) is 33.0 Å². The summed E-state index contributed by atoms with van der Waals surface area (Å²) in [5.74, 6) is 0. The molecule has 4 atom stereocenters. The van der Waals surface area contributed by atoms with Gasteiger partial charge < -0.3 is 35.0 Å². The molecule has 0 aromatic rings. The zero-order chi connectivity index (χ0) is 14.7. The maximum Gasteiger partial charge on any atom is 0.114 e. The molecule has 19 heavy (non-hydrogen) atoms. The molecule has 5 N–H and O–H groups in total. The summed E-state index contributed by atoms with van der Waals surface area (Å²) in [6.45, 7) is 0.788. The summed E-state index contributed by atoms with van der Waals surface area (Å²) in [4.78, 5) is 0. The first-order chi connectivity index (χ1) is 9.10. The summed E-state index contributed by atoms with van der Waals surface area (Å²) in [5, 5.41) is 45.8. The fraction of sp³-hybridized carbons (Fsp3) is 1.00. The molecule has 0 aliphatic carbocycles. The van der Waals surface area contributed by atoms with Crippen molar-refractivity contribution in [3.05, 3.63) is 0 Å². The van der Waals surface area contributed by atoms with Crippen molar-refractivity contribution < 1.29 is 35.0 Å². The van der Waals surface area contributed by atoms with E-state index in [2.05, 4.69) is 0 Å². The standard InChI is InChI=1S/C12H26O7/c1-2-3-4-18-11(7-15)12(10(17)6-14)19-8-9(16)5-13/h9-17H,2-8H2,1H3. The van der Waals surface area contributed by atoms with Crippen LogP contribution >= 0.6 is 0 Å². The van der Waals surface area contributed by atoms with Crippen molar-refractivity contribution >= 4 is 0 Å². The number of hydrogen-bond donors (Lipinski definition) is 5. The monoisotopic (exact) mass is 282 g/mol. The Balaban J connectivity index is 4.41. The normalized spacial score (nSPS) is 18.0. The Labute approximate surface area is 113 Å². The molecule has 0 radical (unpaired) electrons. The van der Waals surface area contributed by atoms with Gasteiger partial charge in [0.25, 0.3) is 0 Å². The Morgan fingerprint density at radius 3 is 2.11 bits per heavy atom. The first kappa shape index (κ1) is 18.7. The van der Waals surface area contributed by atoms with E-state index in [-0.39, 0.29) is 13.2 Å². The number of hydrogen-bond acceptors (Lipinski definition) is 7. The van der Waals surface area contributed by atoms with Crippen LogP contribution in [0.3, 0.4) is 0 Å². The Hall–Kier alpha value is -0.280. The molecule has 7 heteroatoms. The van der Waals surface area contributed by atoms with E-state index in [9.17, 15) is 15.3 Å². The van der Waals surface area contributed by atoms with Gasteiger partial charge in [0.1, 0.15) is 24.4 Å². The molecule has 116 valence electrons. The molecule has 4 unspecified atom stereocenters. The fourth-order valence-corrected chi connectivity index (χ4v) is 1.48. The zero-order valence-corrected chi connectivity index (χ0v) is 11.3. The Kier molecular flexibility index (Phi) is 11.4. The Morgan fingerprint density at radius 2 is 1.63 bits per heavy atom. The third kappa shape index (κ3) is 7.78. The highest BCUT2D eigenvalue weighted by atomic mass is 16.6. The summed E-state index contributed by atoms with van der Waals surface area (Å²) in [5.41, 5.74) is 0. The van der Waals surface area contributed by atoms with Crippen LogP contribution in [0.1, 0.15) is 19.8 Å². The Bertz CT molecular complexity index is 203. The summed E-state index contributed by atoms with van der Waals surface area (Å²) in [6, 6.07) is 0. The minimum atomic E-state index is -1.23. The van der Waals surface area contributed by atoms with Crippen molar-refractivity contribution in [2.45, 2.75) is 44.2 Å². The van der Waals surface area contributed by atoms with Crippen molar-refractivity contribution in [1.29, 1.82) is 0 Å². The number of aliphatic hydroxyl groups is 5. The summed E-state index contributed by atoms with van der Waals surface area (Å²) in [7, 11) is 0. The molecular formula is C12H26O7. The Morgan fingerprint density at radius 1 is 0.947 bits per heavy atom. The lowest BCUT2D eigenvalue weighted by Gasteiger charge is -2.29. The van der Waals surface area contributed by atoms with Crippen molar-refractivity contribution in [3.63, 3.8) is 0 Å². The minimum Gasteiger partial charge on any atom is -0.394 e. The summed E-state index contributed by atoms with van der Waals surface area (Å²) < 4.78 is 10.6.